The molecule has 0 spiro atoms. The molecule has 0 radical (unpaired) electrons. The van der Waals surface area contributed by atoms with Gasteiger partial charge in [-0.3, -0.25) is 4.79 Å². The van der Waals surface area contributed by atoms with Crippen LogP contribution in [0.3, 0.4) is 0 Å². The fourth-order valence-corrected chi connectivity index (χ4v) is 5.07. The van der Waals surface area contributed by atoms with Gasteiger partial charge in [0.15, 0.2) is 0 Å². The van der Waals surface area contributed by atoms with Gasteiger partial charge in [-0.15, -0.1) is 23.1 Å². The number of anilines is 1. The molecular weight excluding hydrogens is 384 g/mol. The van der Waals surface area contributed by atoms with Gasteiger partial charge in [0, 0.05) is 40.2 Å². The summed E-state index contributed by atoms with van der Waals surface area (Å²) in [5, 5.41) is 3.17. The number of amides is 1. The van der Waals surface area contributed by atoms with Crippen LogP contribution in [-0.4, -0.2) is 23.2 Å². The van der Waals surface area contributed by atoms with Crippen molar-refractivity contribution in [3.8, 4) is 11.3 Å². The highest BCUT2D eigenvalue weighted by atomic mass is 32.2. The van der Waals surface area contributed by atoms with Crippen molar-refractivity contribution in [1.82, 2.24) is 4.98 Å². The number of aryl methyl sites for hydroxylation is 3. The number of carbonyl (C=O) groups excluding carboxylic acids is 1. The standard InChI is InChI=1S/C23H24N2OS2/c1-15-4-6-20(12-16(15)2)27-11-9-23(26)25-10-8-19-13-18(5-7-22(19)25)21-14-28-17(3)24-21/h4-7,12-14H,8-11H2,1-3H3. The van der Waals surface area contributed by atoms with E-state index in [1.165, 1.54) is 21.6 Å². The second-order valence-electron chi connectivity index (χ2n) is 7.24. The minimum atomic E-state index is 0.215. The summed E-state index contributed by atoms with van der Waals surface area (Å²) < 4.78 is 0. The molecule has 2 heterocycles. The fourth-order valence-electron chi connectivity index (χ4n) is 3.51. The number of nitrogens with zero attached hydrogens (tertiary/aromatic N) is 2. The van der Waals surface area contributed by atoms with Crippen molar-refractivity contribution in [2.75, 3.05) is 17.2 Å². The lowest BCUT2D eigenvalue weighted by atomic mass is 10.1. The van der Waals surface area contributed by atoms with E-state index in [1.807, 2.05) is 11.8 Å². The molecule has 0 atom stereocenters. The molecule has 28 heavy (non-hydrogen) atoms. The van der Waals surface area contributed by atoms with Crippen molar-refractivity contribution in [3.05, 3.63) is 63.5 Å². The molecule has 0 fully saturated rings. The minimum Gasteiger partial charge on any atom is -0.312 e. The van der Waals surface area contributed by atoms with Crippen LogP contribution in [0.4, 0.5) is 5.69 Å². The first kappa shape index (κ1) is 19.2. The average Bonchev–Trinajstić information content (AvgIpc) is 3.30. The molecule has 144 valence electrons. The molecule has 1 aliphatic rings. The Labute approximate surface area is 174 Å². The third-order valence-corrected chi connectivity index (χ3v) is 7.02. The number of thiazole rings is 1. The quantitative estimate of drug-likeness (QED) is 0.500. The Balaban J connectivity index is 1.39. The summed E-state index contributed by atoms with van der Waals surface area (Å²) in [5.41, 5.74) is 7.09. The molecule has 4 rings (SSSR count). The lowest BCUT2D eigenvalue weighted by molar-refractivity contribution is -0.118. The van der Waals surface area contributed by atoms with Crippen LogP contribution in [0.15, 0.2) is 46.7 Å². The van der Waals surface area contributed by atoms with E-state index in [2.05, 4.69) is 60.6 Å². The molecule has 0 aliphatic carbocycles. The Morgan fingerprint density at radius 1 is 1.14 bits per heavy atom. The summed E-state index contributed by atoms with van der Waals surface area (Å²) in [6.45, 7) is 7.06. The first-order chi connectivity index (χ1) is 13.5. The van der Waals surface area contributed by atoms with Crippen LogP contribution in [-0.2, 0) is 11.2 Å². The van der Waals surface area contributed by atoms with Crippen molar-refractivity contribution in [2.45, 2.75) is 38.5 Å². The number of hydrogen-bond donors (Lipinski definition) is 0. The van der Waals surface area contributed by atoms with Crippen molar-refractivity contribution >= 4 is 34.7 Å². The zero-order valence-electron chi connectivity index (χ0n) is 16.5. The van der Waals surface area contributed by atoms with E-state index in [0.29, 0.717) is 6.42 Å². The maximum Gasteiger partial charge on any atom is 0.227 e. The second kappa shape index (κ2) is 8.10. The highest BCUT2D eigenvalue weighted by Gasteiger charge is 2.24. The Bertz CT molecular complexity index is 1030. The number of carbonyl (C=O) groups is 1. The van der Waals surface area contributed by atoms with Crippen LogP contribution >= 0.6 is 23.1 Å². The minimum absolute atomic E-state index is 0.215. The summed E-state index contributed by atoms with van der Waals surface area (Å²) in [4.78, 5) is 20.5. The van der Waals surface area contributed by atoms with E-state index in [4.69, 9.17) is 0 Å². The van der Waals surface area contributed by atoms with Gasteiger partial charge in [0.25, 0.3) is 0 Å². The summed E-state index contributed by atoms with van der Waals surface area (Å²) in [7, 11) is 0. The van der Waals surface area contributed by atoms with Crippen LogP contribution in [0, 0.1) is 20.8 Å². The maximum atomic E-state index is 12.8. The number of rotatable bonds is 5. The summed E-state index contributed by atoms with van der Waals surface area (Å²) in [6.07, 6.45) is 1.48. The highest BCUT2D eigenvalue weighted by molar-refractivity contribution is 7.99. The van der Waals surface area contributed by atoms with Gasteiger partial charge in [-0.05, 0) is 68.1 Å². The molecule has 0 saturated carbocycles. The second-order valence-corrected chi connectivity index (χ2v) is 9.47. The van der Waals surface area contributed by atoms with Crippen molar-refractivity contribution in [2.24, 2.45) is 0 Å². The zero-order chi connectivity index (χ0) is 19.7. The van der Waals surface area contributed by atoms with Gasteiger partial charge < -0.3 is 4.90 Å². The molecule has 3 aromatic rings. The normalized spacial score (nSPS) is 13.0. The van der Waals surface area contributed by atoms with Gasteiger partial charge in [-0.25, -0.2) is 4.98 Å². The third kappa shape index (κ3) is 4.01. The number of benzene rings is 2. The fraction of sp³-hybridized carbons (Fsp3) is 0.304. The molecular formula is C23H24N2OS2. The Kier molecular flexibility index (Phi) is 5.56. The average molecular weight is 409 g/mol. The van der Waals surface area contributed by atoms with Gasteiger partial charge >= 0.3 is 0 Å². The van der Waals surface area contributed by atoms with Crippen molar-refractivity contribution < 1.29 is 4.79 Å². The zero-order valence-corrected chi connectivity index (χ0v) is 18.1. The molecule has 0 bridgehead atoms. The SMILES string of the molecule is Cc1nc(-c2ccc3c(c2)CCN3C(=O)CCSc2ccc(C)c(C)c2)cs1. The summed E-state index contributed by atoms with van der Waals surface area (Å²) >= 11 is 3.43. The Morgan fingerprint density at radius 3 is 2.75 bits per heavy atom. The molecule has 1 aliphatic heterocycles. The van der Waals surface area contributed by atoms with E-state index in [1.54, 1.807) is 23.1 Å². The number of fused-ring (bicyclic) bond motifs is 1. The van der Waals surface area contributed by atoms with E-state index in [-0.39, 0.29) is 5.91 Å². The van der Waals surface area contributed by atoms with Crippen LogP contribution in [0.5, 0.6) is 0 Å². The predicted octanol–water partition coefficient (Wildman–Crippen LogP) is 5.81. The van der Waals surface area contributed by atoms with Gasteiger partial charge in [-0.2, -0.15) is 0 Å². The highest BCUT2D eigenvalue weighted by Crippen LogP contribution is 2.33. The van der Waals surface area contributed by atoms with E-state index < -0.39 is 0 Å². The van der Waals surface area contributed by atoms with Crippen LogP contribution in [0.2, 0.25) is 0 Å². The maximum absolute atomic E-state index is 12.8. The summed E-state index contributed by atoms with van der Waals surface area (Å²) in [5.74, 6) is 1.02. The topological polar surface area (TPSA) is 33.2 Å². The molecule has 1 amide bonds. The van der Waals surface area contributed by atoms with E-state index >= 15 is 0 Å². The number of thioether (sulfide) groups is 1. The molecule has 0 N–H and O–H groups in total. The monoisotopic (exact) mass is 408 g/mol. The Hall–Kier alpha value is -2.11. The number of aromatic nitrogens is 1. The third-order valence-electron chi connectivity index (χ3n) is 5.25. The molecule has 5 heteroatoms. The van der Waals surface area contributed by atoms with Gasteiger partial charge in [-0.1, -0.05) is 12.1 Å². The molecule has 2 aromatic carbocycles. The number of hydrogen-bond acceptors (Lipinski definition) is 4. The van der Waals surface area contributed by atoms with Gasteiger partial charge in [0.1, 0.15) is 0 Å². The smallest absolute Gasteiger partial charge is 0.227 e. The first-order valence-electron chi connectivity index (χ1n) is 9.57. The lowest BCUT2D eigenvalue weighted by Crippen LogP contribution is -2.29. The lowest BCUT2D eigenvalue weighted by Gasteiger charge is -2.17. The van der Waals surface area contributed by atoms with Crippen molar-refractivity contribution in [3.63, 3.8) is 0 Å². The van der Waals surface area contributed by atoms with Crippen molar-refractivity contribution in [1.29, 1.82) is 0 Å². The first-order valence-corrected chi connectivity index (χ1v) is 11.4. The van der Waals surface area contributed by atoms with Crippen LogP contribution in [0.25, 0.3) is 11.3 Å². The van der Waals surface area contributed by atoms with Crippen LogP contribution < -0.4 is 4.90 Å². The molecule has 0 unspecified atom stereocenters. The predicted molar refractivity (Wildman–Crippen MR) is 120 cm³/mol. The van der Waals surface area contributed by atoms with Gasteiger partial charge in [0.05, 0.1) is 10.7 Å². The van der Waals surface area contributed by atoms with Crippen LogP contribution in [0.1, 0.15) is 28.1 Å². The van der Waals surface area contributed by atoms with E-state index in [9.17, 15) is 4.79 Å². The molecule has 1 aromatic heterocycles. The van der Waals surface area contributed by atoms with Gasteiger partial charge in [0.2, 0.25) is 5.91 Å². The molecule has 3 nitrogen and oxygen atoms in total. The largest absolute Gasteiger partial charge is 0.312 e. The summed E-state index contributed by atoms with van der Waals surface area (Å²) in [6, 6.07) is 12.9. The molecule has 0 saturated heterocycles. The Morgan fingerprint density at radius 2 is 2.00 bits per heavy atom. The van der Waals surface area contributed by atoms with E-state index in [0.717, 1.165) is 40.7 Å².